The normalized spacial score (nSPS) is 12.4. The number of hydrogen-bond acceptors (Lipinski definition) is 11. The van der Waals surface area contributed by atoms with E-state index in [0.717, 1.165) is 24.3 Å². The summed E-state index contributed by atoms with van der Waals surface area (Å²) in [7, 11) is -18.1. The number of carbonyl (C=O) groups excluding carboxylic acids is 1. The molecule has 0 saturated carbocycles. The maximum Gasteiger partial charge on any atom is 0.323 e. The van der Waals surface area contributed by atoms with Gasteiger partial charge in [-0.05, 0) is 97.8 Å². The first-order valence-corrected chi connectivity index (χ1v) is 21.7. The summed E-state index contributed by atoms with van der Waals surface area (Å²) in [5.74, 6) is -0.895. The van der Waals surface area contributed by atoms with E-state index in [2.05, 4.69) is 20.1 Å². The number of aromatic hydroxyl groups is 2. The Labute approximate surface area is 320 Å². The molecule has 0 unspecified atom stereocenters. The first-order chi connectivity index (χ1) is 26.1. The van der Waals surface area contributed by atoms with Crippen molar-refractivity contribution < 1.29 is 57.8 Å². The van der Waals surface area contributed by atoms with Gasteiger partial charge in [0, 0.05) is 32.9 Å². The van der Waals surface area contributed by atoms with E-state index < -0.39 is 67.6 Å². The van der Waals surface area contributed by atoms with Gasteiger partial charge in [0.1, 0.15) is 21.3 Å². The fraction of sp³-hybridized carbons (Fsp3) is 0.0571. The van der Waals surface area contributed by atoms with Crippen LogP contribution < -0.4 is 20.1 Å². The third-order valence-corrected chi connectivity index (χ3v) is 13.1. The van der Waals surface area contributed by atoms with Crippen LogP contribution in [-0.2, 0) is 40.3 Å². The molecule has 21 heteroatoms. The molecule has 0 aliphatic carbocycles. The lowest BCUT2D eigenvalue weighted by Gasteiger charge is -2.16. The van der Waals surface area contributed by atoms with Crippen molar-refractivity contribution in [3.05, 3.63) is 108 Å². The molecule has 6 aromatic carbocycles. The predicted octanol–water partition coefficient (Wildman–Crippen LogP) is 5.76. The number of fused-ring (bicyclic) bond motifs is 2. The summed E-state index contributed by atoms with van der Waals surface area (Å²) in [4.78, 5) is 11.4. The standard InChI is InChI=1S/C35H30N4O13S4/c1-19-17-21(53(43,44)38-27-13-15-31(55(47,48)49)23-5-3-7-29(40)33(23)27)9-11-25(19)36-35(42)37-26-12-10-22(18-20(26)2)54(45,46)39-28-14-16-32(56(50,51)52)24-6-4-8-30(41)34(24)28/h3-18,38-41H,1-2H3,(H2,36,37,42)(H,47,48,49)(H,50,51,52). The molecule has 2 amide bonds. The summed E-state index contributed by atoms with van der Waals surface area (Å²) in [5.41, 5.74) is 0.695. The lowest BCUT2D eigenvalue weighted by Crippen LogP contribution is -2.21. The average molecular weight is 843 g/mol. The Hall–Kier alpha value is -5.97. The van der Waals surface area contributed by atoms with Crippen molar-refractivity contribution in [2.24, 2.45) is 0 Å². The highest BCUT2D eigenvalue weighted by Crippen LogP contribution is 2.38. The number of sulfonamides is 2. The first-order valence-electron chi connectivity index (χ1n) is 15.9. The van der Waals surface area contributed by atoms with Gasteiger partial charge in [-0.2, -0.15) is 16.8 Å². The number of aryl methyl sites for hydroxylation is 2. The smallest absolute Gasteiger partial charge is 0.323 e. The summed E-state index contributed by atoms with van der Waals surface area (Å²) in [6.07, 6.45) is 0. The Morgan fingerprint density at radius 1 is 0.500 bits per heavy atom. The Bertz CT molecular complexity index is 2880. The van der Waals surface area contributed by atoms with Gasteiger partial charge in [-0.1, -0.05) is 24.3 Å². The molecule has 0 fully saturated rings. The fourth-order valence-electron chi connectivity index (χ4n) is 5.91. The highest BCUT2D eigenvalue weighted by atomic mass is 32.2. The van der Waals surface area contributed by atoms with Gasteiger partial charge < -0.3 is 20.8 Å². The van der Waals surface area contributed by atoms with Crippen LogP contribution in [0.2, 0.25) is 0 Å². The van der Waals surface area contributed by atoms with E-state index >= 15 is 0 Å². The Morgan fingerprint density at radius 2 is 0.857 bits per heavy atom. The second-order valence-corrected chi connectivity index (χ2v) is 18.5. The van der Waals surface area contributed by atoms with E-state index in [9.17, 15) is 57.8 Å². The molecule has 0 atom stereocenters. The second kappa shape index (κ2) is 14.3. The molecule has 292 valence electrons. The van der Waals surface area contributed by atoms with Crippen LogP contribution in [-0.4, -0.2) is 59.0 Å². The van der Waals surface area contributed by atoms with Gasteiger partial charge in [0.15, 0.2) is 0 Å². The zero-order valence-corrected chi connectivity index (χ0v) is 32.1. The minimum Gasteiger partial charge on any atom is -0.507 e. The number of benzene rings is 6. The number of phenolic OH excluding ortho intramolecular Hbond substituents is 2. The maximum absolute atomic E-state index is 13.4. The topological polar surface area (TPSA) is 283 Å². The SMILES string of the molecule is Cc1cc(S(=O)(=O)Nc2ccc(S(=O)(=O)O)c3cccc(O)c23)ccc1NC(=O)Nc1ccc(S(=O)(=O)Nc2ccc(S(=O)(=O)O)c3cccc(O)c23)cc1C. The summed E-state index contributed by atoms with van der Waals surface area (Å²) in [5, 5.41) is 25.5. The molecule has 8 N–H and O–H groups in total. The van der Waals surface area contributed by atoms with Crippen LogP contribution in [0.25, 0.3) is 21.5 Å². The first kappa shape index (κ1) is 39.7. The van der Waals surface area contributed by atoms with Crippen LogP contribution in [0.1, 0.15) is 11.1 Å². The van der Waals surface area contributed by atoms with Crippen molar-refractivity contribution in [3.8, 4) is 11.5 Å². The molecular formula is C35H30N4O13S4. The summed E-state index contributed by atoms with van der Waals surface area (Å²) < 4.78 is 125. The molecule has 6 rings (SSSR count). The Kier molecular flexibility index (Phi) is 10.1. The van der Waals surface area contributed by atoms with Crippen LogP contribution in [0.4, 0.5) is 27.5 Å². The molecule has 0 spiro atoms. The molecule has 0 radical (unpaired) electrons. The zero-order valence-electron chi connectivity index (χ0n) is 28.8. The number of hydrogen-bond donors (Lipinski definition) is 8. The van der Waals surface area contributed by atoms with Crippen molar-refractivity contribution >= 4 is 90.6 Å². The number of anilines is 4. The largest absolute Gasteiger partial charge is 0.507 e. The van der Waals surface area contributed by atoms with Crippen molar-refractivity contribution in [3.63, 3.8) is 0 Å². The quantitative estimate of drug-likeness (QED) is 0.0763. The highest BCUT2D eigenvalue weighted by molar-refractivity contribution is 7.93. The maximum atomic E-state index is 13.4. The Morgan fingerprint density at radius 3 is 1.20 bits per heavy atom. The van der Waals surface area contributed by atoms with Gasteiger partial charge in [0.2, 0.25) is 0 Å². The predicted molar refractivity (Wildman–Crippen MR) is 207 cm³/mol. The van der Waals surface area contributed by atoms with E-state index in [1.54, 1.807) is 0 Å². The molecule has 0 aromatic heterocycles. The van der Waals surface area contributed by atoms with Crippen LogP contribution >= 0.6 is 0 Å². The van der Waals surface area contributed by atoms with Crippen molar-refractivity contribution in [1.82, 2.24) is 0 Å². The number of rotatable bonds is 10. The molecule has 0 saturated heterocycles. The third-order valence-electron chi connectivity index (χ3n) is 8.51. The van der Waals surface area contributed by atoms with Crippen LogP contribution in [0.5, 0.6) is 11.5 Å². The van der Waals surface area contributed by atoms with Crippen LogP contribution in [0, 0.1) is 13.8 Å². The van der Waals surface area contributed by atoms with Crippen molar-refractivity contribution in [1.29, 1.82) is 0 Å². The van der Waals surface area contributed by atoms with E-state index in [4.69, 9.17) is 0 Å². The minimum atomic E-state index is -4.71. The number of amides is 2. The summed E-state index contributed by atoms with van der Waals surface area (Å²) >= 11 is 0. The van der Waals surface area contributed by atoms with Crippen molar-refractivity contribution in [2.75, 3.05) is 20.1 Å². The number of nitrogens with one attached hydrogen (secondary N) is 4. The van der Waals surface area contributed by atoms with E-state index in [-0.39, 0.29) is 54.1 Å². The summed E-state index contributed by atoms with van der Waals surface area (Å²) in [6.45, 7) is 3.04. The molecule has 0 heterocycles. The number of carbonyl (C=O) groups is 1. The lowest BCUT2D eigenvalue weighted by atomic mass is 10.1. The lowest BCUT2D eigenvalue weighted by molar-refractivity contribution is 0.262. The molecule has 56 heavy (non-hydrogen) atoms. The summed E-state index contributed by atoms with van der Waals surface area (Å²) in [6, 6.07) is 18.6. The van der Waals surface area contributed by atoms with Crippen LogP contribution in [0.15, 0.2) is 117 Å². The Balaban J connectivity index is 1.18. The van der Waals surface area contributed by atoms with Gasteiger partial charge >= 0.3 is 6.03 Å². The number of phenols is 2. The highest BCUT2D eigenvalue weighted by Gasteiger charge is 2.24. The van der Waals surface area contributed by atoms with E-state index in [0.29, 0.717) is 11.1 Å². The van der Waals surface area contributed by atoms with Gasteiger partial charge in [-0.3, -0.25) is 18.5 Å². The average Bonchev–Trinajstić information content (AvgIpc) is 3.09. The van der Waals surface area contributed by atoms with Gasteiger partial charge in [-0.15, -0.1) is 0 Å². The molecule has 0 aliphatic rings. The molecule has 17 nitrogen and oxygen atoms in total. The van der Waals surface area contributed by atoms with Gasteiger partial charge in [0.25, 0.3) is 40.3 Å². The second-order valence-electron chi connectivity index (χ2n) is 12.3. The zero-order chi connectivity index (χ0) is 41.0. The van der Waals surface area contributed by atoms with E-state index in [1.807, 2.05) is 0 Å². The molecule has 0 aliphatic heterocycles. The van der Waals surface area contributed by atoms with Crippen LogP contribution in [0.3, 0.4) is 0 Å². The monoisotopic (exact) mass is 842 g/mol. The third kappa shape index (κ3) is 7.89. The van der Waals surface area contributed by atoms with Gasteiger partial charge in [0.05, 0.1) is 21.2 Å². The minimum absolute atomic E-state index is 0.126. The van der Waals surface area contributed by atoms with Gasteiger partial charge in [-0.25, -0.2) is 21.6 Å². The molecular weight excluding hydrogens is 813 g/mol. The van der Waals surface area contributed by atoms with Crippen molar-refractivity contribution in [2.45, 2.75) is 33.4 Å². The molecule has 0 bridgehead atoms. The molecule has 6 aromatic rings. The number of urea groups is 1. The van der Waals surface area contributed by atoms with E-state index in [1.165, 1.54) is 86.6 Å². The fourth-order valence-corrected chi connectivity index (χ4v) is 9.60.